The van der Waals surface area contributed by atoms with E-state index in [2.05, 4.69) is 0 Å². The van der Waals surface area contributed by atoms with Gasteiger partial charge in [-0.3, -0.25) is 0 Å². The molecule has 1 rings (SSSR count). The Morgan fingerprint density at radius 2 is 1.87 bits per heavy atom. The molecular weight excluding hydrogens is 260 g/mol. The number of hydrogen-bond donors (Lipinski definition) is 3. The van der Waals surface area contributed by atoms with E-state index in [1.807, 2.05) is 0 Å². The highest BCUT2D eigenvalue weighted by molar-refractivity contribution is 6.35. The first-order valence-corrected chi connectivity index (χ1v) is 4.80. The Kier molecular flexibility index (Phi) is 5.70. The van der Waals surface area contributed by atoms with E-state index in [-0.39, 0.29) is 23.2 Å². The van der Waals surface area contributed by atoms with Crippen molar-refractivity contribution in [3.8, 4) is 5.75 Å². The third kappa shape index (κ3) is 3.40. The Bertz CT molecular complexity index is 344. The molecule has 1 aromatic rings. The van der Waals surface area contributed by atoms with Crippen molar-refractivity contribution in [2.45, 2.75) is 19.1 Å². The van der Waals surface area contributed by atoms with Crippen molar-refractivity contribution in [3.63, 3.8) is 0 Å². The van der Waals surface area contributed by atoms with Gasteiger partial charge < -0.3 is 15.9 Å². The maximum Gasteiger partial charge on any atom is 0.139 e. The van der Waals surface area contributed by atoms with Crippen molar-refractivity contribution in [1.29, 1.82) is 0 Å². The van der Waals surface area contributed by atoms with Gasteiger partial charge in [-0.1, -0.05) is 23.2 Å². The SMILES string of the molecule is C[C@H](O)[C@H](N)c1cc(Cl)cc(Cl)c1O.Cl. The predicted octanol–water partition coefficient (Wildman–Crippen LogP) is 2.50. The average molecular weight is 273 g/mol. The Balaban J connectivity index is 0.00000196. The summed E-state index contributed by atoms with van der Waals surface area (Å²) in [6, 6.07) is 2.20. The zero-order valence-corrected chi connectivity index (χ0v) is 10.3. The highest BCUT2D eigenvalue weighted by Crippen LogP contribution is 2.34. The molecule has 0 aliphatic carbocycles. The number of hydrogen-bond acceptors (Lipinski definition) is 3. The Labute approximate surface area is 104 Å². The molecule has 0 saturated heterocycles. The molecule has 0 spiro atoms. The van der Waals surface area contributed by atoms with Crippen LogP contribution < -0.4 is 5.73 Å². The number of aromatic hydroxyl groups is 1. The molecule has 0 amide bonds. The van der Waals surface area contributed by atoms with Gasteiger partial charge >= 0.3 is 0 Å². The van der Waals surface area contributed by atoms with Crippen LogP contribution in [0.15, 0.2) is 12.1 Å². The highest BCUT2D eigenvalue weighted by Gasteiger charge is 2.18. The molecule has 0 unspecified atom stereocenters. The molecule has 15 heavy (non-hydrogen) atoms. The highest BCUT2D eigenvalue weighted by atomic mass is 35.5. The van der Waals surface area contributed by atoms with Crippen LogP contribution in [0.2, 0.25) is 10.0 Å². The summed E-state index contributed by atoms with van der Waals surface area (Å²) in [5.74, 6) is -0.135. The Morgan fingerprint density at radius 3 is 2.33 bits per heavy atom. The van der Waals surface area contributed by atoms with E-state index >= 15 is 0 Å². The van der Waals surface area contributed by atoms with Crippen molar-refractivity contribution < 1.29 is 10.2 Å². The van der Waals surface area contributed by atoms with Gasteiger partial charge in [-0.15, -0.1) is 12.4 Å². The topological polar surface area (TPSA) is 66.5 Å². The van der Waals surface area contributed by atoms with Crippen molar-refractivity contribution in [1.82, 2.24) is 0 Å². The van der Waals surface area contributed by atoms with Crippen LogP contribution in [0.25, 0.3) is 0 Å². The average Bonchev–Trinajstić information content (AvgIpc) is 2.09. The van der Waals surface area contributed by atoms with E-state index in [1.54, 1.807) is 0 Å². The van der Waals surface area contributed by atoms with E-state index in [0.29, 0.717) is 10.6 Å². The van der Waals surface area contributed by atoms with Crippen LogP contribution in [-0.4, -0.2) is 16.3 Å². The molecule has 0 aliphatic rings. The first-order valence-electron chi connectivity index (χ1n) is 4.05. The summed E-state index contributed by atoms with van der Waals surface area (Å²) in [7, 11) is 0. The number of phenols is 1. The van der Waals surface area contributed by atoms with Crippen LogP contribution in [0.1, 0.15) is 18.5 Å². The maximum atomic E-state index is 9.56. The summed E-state index contributed by atoms with van der Waals surface area (Å²) in [5.41, 5.74) is 5.99. The summed E-state index contributed by atoms with van der Waals surface area (Å²) in [5, 5.41) is 19.3. The van der Waals surface area contributed by atoms with Gasteiger partial charge in [0.15, 0.2) is 0 Å². The van der Waals surface area contributed by atoms with Crippen LogP contribution in [0.4, 0.5) is 0 Å². The molecule has 4 N–H and O–H groups in total. The maximum absolute atomic E-state index is 9.56. The van der Waals surface area contributed by atoms with E-state index in [9.17, 15) is 10.2 Å². The number of benzene rings is 1. The lowest BCUT2D eigenvalue weighted by molar-refractivity contribution is 0.163. The molecule has 0 aliphatic heterocycles. The quantitative estimate of drug-likeness (QED) is 0.775. The summed E-state index contributed by atoms with van der Waals surface area (Å²) in [6.45, 7) is 1.53. The fourth-order valence-corrected chi connectivity index (χ4v) is 1.61. The zero-order chi connectivity index (χ0) is 10.9. The van der Waals surface area contributed by atoms with Gasteiger partial charge in [0.1, 0.15) is 5.75 Å². The fourth-order valence-electron chi connectivity index (χ4n) is 1.10. The van der Waals surface area contributed by atoms with Gasteiger partial charge in [-0.05, 0) is 19.1 Å². The van der Waals surface area contributed by atoms with E-state index in [0.717, 1.165) is 0 Å². The second-order valence-corrected chi connectivity index (χ2v) is 3.94. The minimum Gasteiger partial charge on any atom is -0.506 e. The third-order valence-corrected chi connectivity index (χ3v) is 2.44. The first kappa shape index (κ1) is 14.8. The number of halogens is 3. The van der Waals surface area contributed by atoms with Crippen LogP contribution in [0, 0.1) is 0 Å². The Morgan fingerprint density at radius 1 is 1.33 bits per heavy atom. The van der Waals surface area contributed by atoms with E-state index < -0.39 is 12.1 Å². The summed E-state index contributed by atoms with van der Waals surface area (Å²) in [4.78, 5) is 0. The molecular formula is C9H12Cl3NO2. The molecule has 2 atom stereocenters. The Hall–Kier alpha value is -0.190. The van der Waals surface area contributed by atoms with Gasteiger partial charge in [-0.25, -0.2) is 0 Å². The molecule has 3 nitrogen and oxygen atoms in total. The minimum absolute atomic E-state index is 0. The van der Waals surface area contributed by atoms with Crippen molar-refractivity contribution in [3.05, 3.63) is 27.7 Å². The zero-order valence-electron chi connectivity index (χ0n) is 7.95. The molecule has 0 fully saturated rings. The number of aliphatic hydroxyl groups excluding tert-OH is 1. The van der Waals surface area contributed by atoms with E-state index in [1.165, 1.54) is 19.1 Å². The van der Waals surface area contributed by atoms with E-state index in [4.69, 9.17) is 28.9 Å². The molecule has 1 aromatic carbocycles. The van der Waals surface area contributed by atoms with Crippen molar-refractivity contribution in [2.24, 2.45) is 5.73 Å². The van der Waals surface area contributed by atoms with Crippen LogP contribution >= 0.6 is 35.6 Å². The van der Waals surface area contributed by atoms with Crippen LogP contribution in [-0.2, 0) is 0 Å². The van der Waals surface area contributed by atoms with Crippen LogP contribution in [0.5, 0.6) is 5.75 Å². The van der Waals surface area contributed by atoms with Gasteiger partial charge in [0, 0.05) is 10.6 Å². The molecule has 0 aromatic heterocycles. The van der Waals surface area contributed by atoms with Crippen molar-refractivity contribution in [2.75, 3.05) is 0 Å². The molecule has 0 heterocycles. The molecule has 6 heteroatoms. The first-order chi connectivity index (χ1) is 6.43. The number of nitrogens with two attached hydrogens (primary N) is 1. The lowest BCUT2D eigenvalue weighted by atomic mass is 10.0. The summed E-state index contributed by atoms with van der Waals surface area (Å²) < 4.78 is 0. The molecule has 0 bridgehead atoms. The normalized spacial score (nSPS) is 14.2. The van der Waals surface area contributed by atoms with Crippen molar-refractivity contribution >= 4 is 35.6 Å². The van der Waals surface area contributed by atoms with Crippen LogP contribution in [0.3, 0.4) is 0 Å². The van der Waals surface area contributed by atoms with Gasteiger partial charge in [-0.2, -0.15) is 0 Å². The fraction of sp³-hybridized carbons (Fsp3) is 0.333. The summed E-state index contributed by atoms with van der Waals surface area (Å²) in [6.07, 6.45) is -0.782. The standard InChI is InChI=1S/C9H11Cl2NO2.ClH/c1-4(13)8(12)6-2-5(10)3-7(11)9(6)14;/h2-4,8,13-14H,12H2,1H3;1H/t4-,8-;/m0./s1. The second-order valence-electron chi connectivity index (χ2n) is 3.09. The van der Waals surface area contributed by atoms with Gasteiger partial charge in [0.25, 0.3) is 0 Å². The number of aliphatic hydroxyl groups is 1. The monoisotopic (exact) mass is 271 g/mol. The molecule has 86 valence electrons. The third-order valence-electron chi connectivity index (χ3n) is 1.94. The molecule has 0 radical (unpaired) electrons. The molecule has 0 saturated carbocycles. The minimum atomic E-state index is -0.782. The lowest BCUT2D eigenvalue weighted by Crippen LogP contribution is -2.23. The smallest absolute Gasteiger partial charge is 0.139 e. The second kappa shape index (κ2) is 5.77. The number of phenolic OH excluding ortho intramolecular Hbond substituents is 1. The number of rotatable bonds is 2. The summed E-state index contributed by atoms with van der Waals surface area (Å²) >= 11 is 11.4. The predicted molar refractivity (Wildman–Crippen MR) is 64.0 cm³/mol. The largest absolute Gasteiger partial charge is 0.506 e. The van der Waals surface area contributed by atoms with Gasteiger partial charge in [0.05, 0.1) is 17.2 Å². The van der Waals surface area contributed by atoms with Gasteiger partial charge in [0.2, 0.25) is 0 Å². The lowest BCUT2D eigenvalue weighted by Gasteiger charge is -2.17.